The topological polar surface area (TPSA) is 88.6 Å². The van der Waals surface area contributed by atoms with Crippen molar-refractivity contribution in [3.8, 4) is 0 Å². The van der Waals surface area contributed by atoms with Gasteiger partial charge < -0.3 is 15.0 Å². The van der Waals surface area contributed by atoms with Gasteiger partial charge in [0.15, 0.2) is 0 Å². The summed E-state index contributed by atoms with van der Waals surface area (Å²) in [6.45, 7) is 2.29. The Kier molecular flexibility index (Phi) is 4.80. The van der Waals surface area contributed by atoms with Crippen molar-refractivity contribution in [2.24, 2.45) is 0 Å². The summed E-state index contributed by atoms with van der Waals surface area (Å²) in [5, 5.41) is 3.84. The summed E-state index contributed by atoms with van der Waals surface area (Å²) in [4.78, 5) is 41.5. The fourth-order valence-corrected chi connectivity index (χ4v) is 5.06. The molecular formula is C24H22FN3O4. The van der Waals surface area contributed by atoms with Gasteiger partial charge in [0.25, 0.3) is 0 Å². The quantitative estimate of drug-likeness (QED) is 0.587. The highest BCUT2D eigenvalue weighted by Gasteiger charge is 2.34. The summed E-state index contributed by atoms with van der Waals surface area (Å²) in [6, 6.07) is 1.26. The summed E-state index contributed by atoms with van der Waals surface area (Å²) < 4.78 is 19.7. The normalized spacial score (nSPS) is 21.1. The number of aryl methyl sites for hydroxylation is 1. The number of cyclic esters (lactones) is 1. The van der Waals surface area contributed by atoms with Crippen LogP contribution in [0.15, 0.2) is 23.3 Å². The largest absolute Gasteiger partial charge is 0.460 e. The van der Waals surface area contributed by atoms with E-state index in [1.54, 1.807) is 13.0 Å². The van der Waals surface area contributed by atoms with Gasteiger partial charge in [-0.15, -0.1) is 0 Å². The first-order valence-corrected chi connectivity index (χ1v) is 10.5. The standard InChI is InChI=1S/C24H22FN3O4/c1-12-15-3-4-18(26-11-30)23-16-8-28(2)20(5-13-6-21(31)32-10-14(13)9-29)24(16)27-19(22(15)23)7-17(12)25/h5,7,9,11,18H,3-4,6,8,10H2,1-2H3,(H,26,30)/b20-5-. The van der Waals surface area contributed by atoms with Crippen LogP contribution in [-0.2, 0) is 32.1 Å². The predicted molar refractivity (Wildman–Crippen MR) is 115 cm³/mol. The number of allylic oxidation sites excluding steroid dienone is 1. The lowest BCUT2D eigenvalue weighted by atomic mass is 9.82. The van der Waals surface area contributed by atoms with Crippen LogP contribution >= 0.6 is 0 Å². The number of benzene rings is 1. The molecule has 5 rings (SSSR count). The minimum absolute atomic E-state index is 0.00841. The monoisotopic (exact) mass is 435 g/mol. The molecule has 7 nitrogen and oxygen atoms in total. The van der Waals surface area contributed by atoms with E-state index in [-0.39, 0.29) is 30.9 Å². The molecule has 3 heterocycles. The molecule has 0 saturated heterocycles. The van der Waals surface area contributed by atoms with Crippen molar-refractivity contribution in [2.45, 2.75) is 38.8 Å². The third-order valence-corrected chi connectivity index (χ3v) is 6.68. The van der Waals surface area contributed by atoms with Gasteiger partial charge in [0, 0.05) is 36.2 Å². The van der Waals surface area contributed by atoms with Crippen molar-refractivity contribution in [3.05, 3.63) is 57.1 Å². The average Bonchev–Trinajstić information content (AvgIpc) is 3.08. The van der Waals surface area contributed by atoms with Crippen LogP contribution in [0.1, 0.15) is 46.8 Å². The number of amides is 1. The van der Waals surface area contributed by atoms with E-state index in [1.165, 1.54) is 6.07 Å². The van der Waals surface area contributed by atoms with Gasteiger partial charge in [-0.2, -0.15) is 0 Å². The van der Waals surface area contributed by atoms with Gasteiger partial charge in [0.2, 0.25) is 6.41 Å². The molecule has 32 heavy (non-hydrogen) atoms. The second-order valence-corrected chi connectivity index (χ2v) is 8.48. The van der Waals surface area contributed by atoms with Gasteiger partial charge in [-0.1, -0.05) is 0 Å². The number of hydrogen-bond donors (Lipinski definition) is 1. The van der Waals surface area contributed by atoms with Crippen LogP contribution in [0.2, 0.25) is 0 Å². The Morgan fingerprint density at radius 3 is 2.84 bits per heavy atom. The van der Waals surface area contributed by atoms with E-state index in [0.717, 1.165) is 27.8 Å². The molecule has 1 aliphatic carbocycles. The van der Waals surface area contributed by atoms with E-state index in [9.17, 15) is 18.8 Å². The lowest BCUT2D eigenvalue weighted by Gasteiger charge is -2.28. The molecule has 1 atom stereocenters. The summed E-state index contributed by atoms with van der Waals surface area (Å²) in [5.74, 6) is -0.687. The van der Waals surface area contributed by atoms with Crippen LogP contribution in [0, 0.1) is 12.7 Å². The van der Waals surface area contributed by atoms with E-state index in [0.29, 0.717) is 60.0 Å². The van der Waals surface area contributed by atoms with E-state index < -0.39 is 0 Å². The second-order valence-electron chi connectivity index (χ2n) is 8.48. The Balaban J connectivity index is 1.78. The number of nitrogens with one attached hydrogen (secondary N) is 1. The smallest absolute Gasteiger partial charge is 0.310 e. The van der Waals surface area contributed by atoms with Gasteiger partial charge >= 0.3 is 5.97 Å². The van der Waals surface area contributed by atoms with Crippen LogP contribution in [-0.4, -0.2) is 42.2 Å². The molecule has 1 aromatic heterocycles. The number of fused-ring (bicyclic) bond motifs is 2. The SMILES string of the molecule is Cc1c(F)cc2nc3c(c4c2c1CCC4NC=O)CN(C)/C3=C\C1=C(C=O)COC(=O)C1. The van der Waals surface area contributed by atoms with Gasteiger partial charge in [-0.3, -0.25) is 14.4 Å². The number of hydrogen-bond acceptors (Lipinski definition) is 6. The molecule has 164 valence electrons. The fraction of sp³-hybridized carbons (Fsp3) is 0.333. The molecule has 1 aromatic carbocycles. The Morgan fingerprint density at radius 2 is 2.09 bits per heavy atom. The third kappa shape index (κ3) is 3.01. The Hall–Kier alpha value is -3.55. The molecule has 3 aliphatic rings. The van der Waals surface area contributed by atoms with Crippen LogP contribution in [0.5, 0.6) is 0 Å². The van der Waals surface area contributed by atoms with Crippen LogP contribution in [0.3, 0.4) is 0 Å². The maximum Gasteiger partial charge on any atom is 0.310 e. The number of carbonyl (C=O) groups excluding carboxylic acids is 3. The van der Waals surface area contributed by atoms with Crippen molar-refractivity contribution in [1.29, 1.82) is 0 Å². The zero-order valence-corrected chi connectivity index (χ0v) is 17.8. The summed E-state index contributed by atoms with van der Waals surface area (Å²) in [6.07, 6.45) is 4.56. The number of aldehydes is 1. The highest BCUT2D eigenvalue weighted by Crippen LogP contribution is 2.45. The third-order valence-electron chi connectivity index (χ3n) is 6.68. The molecule has 0 spiro atoms. The molecule has 1 N–H and O–H groups in total. The first kappa shape index (κ1) is 20.4. The first-order chi connectivity index (χ1) is 15.4. The molecule has 8 heteroatoms. The van der Waals surface area contributed by atoms with Crippen LogP contribution in [0.4, 0.5) is 4.39 Å². The number of halogens is 1. The minimum Gasteiger partial charge on any atom is -0.460 e. The lowest BCUT2D eigenvalue weighted by Crippen LogP contribution is -2.25. The Morgan fingerprint density at radius 1 is 1.28 bits per heavy atom. The molecule has 1 amide bonds. The van der Waals surface area contributed by atoms with Crippen molar-refractivity contribution < 1.29 is 23.5 Å². The van der Waals surface area contributed by atoms with Gasteiger partial charge in [0.05, 0.1) is 29.4 Å². The van der Waals surface area contributed by atoms with E-state index in [4.69, 9.17) is 9.72 Å². The zero-order chi connectivity index (χ0) is 22.6. The lowest BCUT2D eigenvalue weighted by molar-refractivity contribution is -0.142. The van der Waals surface area contributed by atoms with Gasteiger partial charge in [0.1, 0.15) is 18.7 Å². The Bertz CT molecular complexity index is 1260. The van der Waals surface area contributed by atoms with Crippen molar-refractivity contribution in [3.63, 3.8) is 0 Å². The number of esters is 1. The maximum absolute atomic E-state index is 14.7. The summed E-state index contributed by atoms with van der Waals surface area (Å²) >= 11 is 0. The zero-order valence-electron chi connectivity index (χ0n) is 17.8. The molecule has 2 aromatic rings. The maximum atomic E-state index is 14.7. The number of pyridine rings is 1. The second kappa shape index (κ2) is 7.55. The highest BCUT2D eigenvalue weighted by molar-refractivity contribution is 5.93. The minimum atomic E-state index is -0.387. The summed E-state index contributed by atoms with van der Waals surface area (Å²) in [5.41, 5.74) is 6.51. The van der Waals surface area contributed by atoms with Crippen LogP contribution in [0.25, 0.3) is 16.6 Å². The van der Waals surface area contributed by atoms with Crippen molar-refractivity contribution in [1.82, 2.24) is 15.2 Å². The predicted octanol–water partition coefficient (Wildman–Crippen LogP) is 2.64. The molecule has 0 bridgehead atoms. The molecule has 1 unspecified atom stereocenters. The van der Waals surface area contributed by atoms with Crippen molar-refractivity contribution >= 4 is 35.3 Å². The molecule has 0 saturated carbocycles. The van der Waals surface area contributed by atoms with E-state index in [1.807, 2.05) is 11.9 Å². The van der Waals surface area contributed by atoms with Crippen molar-refractivity contribution in [2.75, 3.05) is 13.7 Å². The van der Waals surface area contributed by atoms with Gasteiger partial charge in [-0.05, 0) is 48.1 Å². The number of nitrogens with zero attached hydrogens (tertiary/aromatic N) is 2. The van der Waals surface area contributed by atoms with E-state index in [2.05, 4.69) is 5.32 Å². The number of carbonyl (C=O) groups is 3. The van der Waals surface area contributed by atoms with Crippen LogP contribution < -0.4 is 5.32 Å². The highest BCUT2D eigenvalue weighted by atomic mass is 19.1. The first-order valence-electron chi connectivity index (χ1n) is 10.5. The molecular weight excluding hydrogens is 413 g/mol. The molecule has 0 radical (unpaired) electrons. The average molecular weight is 435 g/mol. The number of ether oxygens (including phenoxy) is 1. The molecule has 2 aliphatic heterocycles. The number of rotatable bonds is 4. The fourth-order valence-electron chi connectivity index (χ4n) is 5.06. The molecule has 0 fully saturated rings. The number of aromatic nitrogens is 1. The van der Waals surface area contributed by atoms with Gasteiger partial charge in [-0.25, -0.2) is 9.37 Å². The Labute approximate surface area is 183 Å². The van der Waals surface area contributed by atoms with E-state index >= 15 is 0 Å². The summed E-state index contributed by atoms with van der Waals surface area (Å²) in [7, 11) is 1.91.